The van der Waals surface area contributed by atoms with E-state index in [1.54, 1.807) is 0 Å². The largest absolute Gasteiger partial charge is 0.362 e. The maximum Gasteiger partial charge on any atom is 0.182 e. The lowest BCUT2D eigenvalue weighted by Crippen LogP contribution is -2.28. The number of rotatable bonds is 3. The molecule has 0 amide bonds. The number of benzene rings is 1. The molecule has 0 aliphatic carbocycles. The second-order valence-electron chi connectivity index (χ2n) is 4.18. The average molecular weight is 297 g/mol. The highest BCUT2D eigenvalue weighted by atomic mass is 79.9. The van der Waals surface area contributed by atoms with Crippen molar-refractivity contribution in [3.05, 3.63) is 47.8 Å². The van der Waals surface area contributed by atoms with Gasteiger partial charge in [0.1, 0.15) is 0 Å². The topological polar surface area (TPSA) is 23.6 Å². The van der Waals surface area contributed by atoms with Crippen molar-refractivity contribution in [1.29, 1.82) is 0 Å². The van der Waals surface area contributed by atoms with Crippen molar-refractivity contribution < 1.29 is 4.79 Å². The van der Waals surface area contributed by atoms with E-state index in [2.05, 4.69) is 0 Å². The molecule has 0 bridgehead atoms. The van der Waals surface area contributed by atoms with Gasteiger partial charge in [0.15, 0.2) is 5.78 Å². The van der Waals surface area contributed by atoms with Gasteiger partial charge in [0.25, 0.3) is 0 Å². The van der Waals surface area contributed by atoms with Crippen molar-refractivity contribution in [3.8, 4) is 0 Å². The Bertz CT molecular complexity index is 431. The Kier molecular flexibility index (Phi) is 4.75. The molecule has 0 fully saturated rings. The van der Waals surface area contributed by atoms with Crippen molar-refractivity contribution in [2.75, 3.05) is 20.3 Å². The number of aryl methyl sites for hydroxylation is 1. The summed E-state index contributed by atoms with van der Waals surface area (Å²) in [5.41, 5.74) is 1.87. The van der Waals surface area contributed by atoms with Gasteiger partial charge in [0.2, 0.25) is 0 Å². The summed E-state index contributed by atoms with van der Waals surface area (Å²) in [6.45, 7) is 3.21. The van der Waals surface area contributed by atoms with E-state index in [1.165, 1.54) is 0 Å². The summed E-state index contributed by atoms with van der Waals surface area (Å²) >= 11 is 0. The summed E-state index contributed by atoms with van der Waals surface area (Å²) < 4.78 is 0. The first kappa shape index (κ1) is 13.8. The third-order valence-corrected chi connectivity index (χ3v) is 2.73. The van der Waals surface area contributed by atoms with Gasteiger partial charge in [-0.3, -0.25) is 4.79 Å². The van der Waals surface area contributed by atoms with Crippen molar-refractivity contribution in [1.82, 2.24) is 9.80 Å². The fraction of sp³-hybridized carbons (Fsp3) is 0.308. The molecule has 17 heavy (non-hydrogen) atoms. The van der Waals surface area contributed by atoms with Crippen LogP contribution in [0.4, 0.5) is 0 Å². The molecule has 0 spiro atoms. The molecule has 0 unspecified atom stereocenters. The molecule has 0 radical (unpaired) electrons. The molecule has 0 saturated heterocycles. The van der Waals surface area contributed by atoms with Gasteiger partial charge in [-0.1, -0.05) is 24.3 Å². The molecule has 2 rings (SSSR count). The van der Waals surface area contributed by atoms with Crippen LogP contribution in [0, 0.1) is 6.92 Å². The predicted octanol–water partition coefficient (Wildman–Crippen LogP) is 2.43. The van der Waals surface area contributed by atoms with E-state index in [0.29, 0.717) is 6.54 Å². The fourth-order valence-electron chi connectivity index (χ4n) is 1.85. The van der Waals surface area contributed by atoms with Crippen molar-refractivity contribution >= 4 is 22.8 Å². The van der Waals surface area contributed by atoms with Crippen LogP contribution in [-0.4, -0.2) is 35.8 Å². The van der Waals surface area contributed by atoms with Crippen molar-refractivity contribution in [2.24, 2.45) is 0 Å². The van der Waals surface area contributed by atoms with Crippen LogP contribution in [-0.2, 0) is 0 Å². The Balaban J connectivity index is 0.00000144. The molecule has 0 aromatic heterocycles. The number of hydrogen-bond donors (Lipinski definition) is 0. The fourth-order valence-corrected chi connectivity index (χ4v) is 1.85. The molecule has 0 atom stereocenters. The second kappa shape index (κ2) is 5.87. The van der Waals surface area contributed by atoms with Crippen LogP contribution in [0.5, 0.6) is 0 Å². The third kappa shape index (κ3) is 3.33. The predicted molar refractivity (Wildman–Crippen MR) is 74.3 cm³/mol. The first-order chi connectivity index (χ1) is 7.66. The molecule has 4 heteroatoms. The minimum absolute atomic E-state index is 0. The van der Waals surface area contributed by atoms with Crippen LogP contribution in [0.25, 0.3) is 0 Å². The van der Waals surface area contributed by atoms with Crippen LogP contribution >= 0.6 is 17.0 Å². The van der Waals surface area contributed by atoms with Crippen molar-refractivity contribution in [3.63, 3.8) is 0 Å². The van der Waals surface area contributed by atoms with E-state index in [0.717, 1.165) is 17.8 Å². The molecule has 1 heterocycles. The van der Waals surface area contributed by atoms with Gasteiger partial charge in [-0.25, -0.2) is 0 Å². The van der Waals surface area contributed by atoms with Crippen LogP contribution in [0.3, 0.4) is 0 Å². The van der Waals surface area contributed by atoms with Crippen LogP contribution < -0.4 is 0 Å². The van der Waals surface area contributed by atoms with Crippen molar-refractivity contribution in [2.45, 2.75) is 6.92 Å². The highest BCUT2D eigenvalue weighted by molar-refractivity contribution is 8.93. The molecular formula is C13H17BrN2O. The normalized spacial score (nSPS) is 13.8. The number of hydrogen-bond acceptors (Lipinski definition) is 3. The van der Waals surface area contributed by atoms with Crippen LogP contribution in [0.15, 0.2) is 36.7 Å². The Labute approximate surface area is 112 Å². The first-order valence-electron chi connectivity index (χ1n) is 5.38. The molecule has 3 nitrogen and oxygen atoms in total. The Morgan fingerprint density at radius 3 is 2.59 bits per heavy atom. The summed E-state index contributed by atoms with van der Waals surface area (Å²) in [5, 5.41) is 0. The van der Waals surface area contributed by atoms with E-state index in [4.69, 9.17) is 0 Å². The smallest absolute Gasteiger partial charge is 0.182 e. The van der Waals surface area contributed by atoms with Gasteiger partial charge in [-0.05, 0) is 12.5 Å². The molecule has 1 aromatic carbocycles. The molecule has 0 saturated carbocycles. The van der Waals surface area contributed by atoms with Crippen LogP contribution in [0.1, 0.15) is 15.9 Å². The third-order valence-electron chi connectivity index (χ3n) is 2.73. The standard InChI is InChI=1S/C13H16N2O.BrH/c1-11-5-3-4-6-12(11)13(16)9-15-8-7-14(2)10-15;/h3-8H,9-10H2,1-2H3;1H. The first-order valence-corrected chi connectivity index (χ1v) is 5.38. The second-order valence-corrected chi connectivity index (χ2v) is 4.18. The van der Waals surface area contributed by atoms with Gasteiger partial charge in [-0.2, -0.15) is 0 Å². The lowest BCUT2D eigenvalue weighted by molar-refractivity contribution is 0.0948. The number of carbonyl (C=O) groups excluding carboxylic acids is 1. The summed E-state index contributed by atoms with van der Waals surface area (Å²) in [6.07, 6.45) is 3.93. The highest BCUT2D eigenvalue weighted by Gasteiger charge is 2.14. The molecule has 1 aliphatic heterocycles. The SMILES string of the molecule is Br.Cc1ccccc1C(=O)CN1C=CN(C)C1. The van der Waals surface area contributed by atoms with Gasteiger partial charge >= 0.3 is 0 Å². The lowest BCUT2D eigenvalue weighted by atomic mass is 10.0. The minimum Gasteiger partial charge on any atom is -0.362 e. The molecule has 1 aromatic rings. The highest BCUT2D eigenvalue weighted by Crippen LogP contribution is 2.10. The number of nitrogens with zero attached hydrogens (tertiary/aromatic N) is 2. The average Bonchev–Trinajstić information content (AvgIpc) is 2.64. The Morgan fingerprint density at radius 1 is 1.29 bits per heavy atom. The summed E-state index contributed by atoms with van der Waals surface area (Å²) in [4.78, 5) is 16.1. The van der Waals surface area contributed by atoms with Gasteiger partial charge in [0, 0.05) is 25.0 Å². The molecule has 1 aliphatic rings. The number of carbonyl (C=O) groups is 1. The number of Topliss-reactive ketones (excluding diaryl/α,β-unsaturated/α-hetero) is 1. The van der Waals surface area contributed by atoms with E-state index in [9.17, 15) is 4.79 Å². The zero-order valence-electron chi connectivity index (χ0n) is 10.1. The molecule has 0 N–H and O–H groups in total. The van der Waals surface area contributed by atoms with E-state index < -0.39 is 0 Å². The maximum absolute atomic E-state index is 12.0. The Morgan fingerprint density at radius 2 is 2.00 bits per heavy atom. The molecule has 92 valence electrons. The van der Waals surface area contributed by atoms with Gasteiger partial charge < -0.3 is 9.80 Å². The zero-order valence-corrected chi connectivity index (χ0v) is 11.8. The summed E-state index contributed by atoms with van der Waals surface area (Å²) in [6, 6.07) is 7.72. The Hall–Kier alpha value is -1.29. The quantitative estimate of drug-likeness (QED) is 0.801. The minimum atomic E-state index is 0. The number of halogens is 1. The van der Waals surface area contributed by atoms with E-state index in [-0.39, 0.29) is 22.8 Å². The van der Waals surface area contributed by atoms with Gasteiger partial charge in [0.05, 0.1) is 13.2 Å². The van der Waals surface area contributed by atoms with E-state index in [1.807, 2.05) is 60.4 Å². The van der Waals surface area contributed by atoms with Gasteiger partial charge in [-0.15, -0.1) is 17.0 Å². The number of ketones is 1. The zero-order chi connectivity index (χ0) is 11.5. The van der Waals surface area contributed by atoms with Crippen LogP contribution in [0.2, 0.25) is 0 Å². The maximum atomic E-state index is 12.0. The molecular weight excluding hydrogens is 280 g/mol. The monoisotopic (exact) mass is 296 g/mol. The van der Waals surface area contributed by atoms with E-state index >= 15 is 0 Å². The lowest BCUT2D eigenvalue weighted by Gasteiger charge is -2.17. The summed E-state index contributed by atoms with van der Waals surface area (Å²) in [7, 11) is 1.99. The summed E-state index contributed by atoms with van der Waals surface area (Å²) in [5.74, 6) is 0.179.